The van der Waals surface area contributed by atoms with E-state index in [0.29, 0.717) is 5.88 Å². The van der Waals surface area contributed by atoms with E-state index in [1.54, 1.807) is 0 Å². The molecule has 6 heteroatoms. The minimum absolute atomic E-state index is 0.243. The zero-order valence-corrected chi connectivity index (χ0v) is 10.5. The Hall–Kier alpha value is -0.970. The molecule has 0 aliphatic heterocycles. The Labute approximate surface area is 109 Å². The Morgan fingerprint density at radius 2 is 2.00 bits per heavy atom. The van der Waals surface area contributed by atoms with Crippen LogP contribution < -0.4 is 5.32 Å². The highest BCUT2D eigenvalue weighted by atomic mass is 35.5. The van der Waals surface area contributed by atoms with Crippen molar-refractivity contribution < 1.29 is 13.2 Å². The van der Waals surface area contributed by atoms with E-state index in [0.717, 1.165) is 37.8 Å². The quantitative estimate of drug-likeness (QED) is 0.843. The van der Waals surface area contributed by atoms with Crippen LogP contribution in [0.1, 0.15) is 31.2 Å². The summed E-state index contributed by atoms with van der Waals surface area (Å²) in [6.45, 7) is 0. The highest BCUT2D eigenvalue weighted by Gasteiger charge is 2.35. The average molecular weight is 279 g/mol. The van der Waals surface area contributed by atoms with Crippen LogP contribution in [-0.4, -0.2) is 16.4 Å². The van der Waals surface area contributed by atoms with Crippen LogP contribution in [0.4, 0.5) is 19.0 Å². The molecule has 18 heavy (non-hydrogen) atoms. The maximum atomic E-state index is 12.6. The van der Waals surface area contributed by atoms with Crippen molar-refractivity contribution in [3.05, 3.63) is 23.9 Å². The zero-order chi connectivity index (χ0) is 13.2. The van der Waals surface area contributed by atoms with Gasteiger partial charge in [0.05, 0.1) is 11.1 Å². The van der Waals surface area contributed by atoms with Crippen molar-refractivity contribution in [1.29, 1.82) is 0 Å². The van der Waals surface area contributed by atoms with E-state index >= 15 is 0 Å². The van der Waals surface area contributed by atoms with Crippen molar-refractivity contribution >= 4 is 17.4 Å². The van der Waals surface area contributed by atoms with Gasteiger partial charge < -0.3 is 5.32 Å². The lowest BCUT2D eigenvalue weighted by Gasteiger charge is -2.28. The largest absolute Gasteiger partial charge is 0.416 e. The summed E-state index contributed by atoms with van der Waals surface area (Å²) in [7, 11) is 0. The van der Waals surface area contributed by atoms with Crippen LogP contribution in [0, 0.1) is 0 Å². The second-order valence-corrected chi connectivity index (χ2v) is 4.94. The molecule has 1 fully saturated rings. The first-order chi connectivity index (χ1) is 8.45. The molecule has 0 aromatic carbocycles. The van der Waals surface area contributed by atoms with E-state index in [9.17, 15) is 13.2 Å². The number of nitrogens with one attached hydrogen (secondary N) is 1. The van der Waals surface area contributed by atoms with Gasteiger partial charge in [-0.05, 0) is 25.0 Å². The molecule has 0 radical (unpaired) electrons. The lowest BCUT2D eigenvalue weighted by molar-refractivity contribution is -0.137. The van der Waals surface area contributed by atoms with E-state index in [2.05, 4.69) is 10.3 Å². The van der Waals surface area contributed by atoms with E-state index in [1.807, 2.05) is 0 Å². The molecule has 2 nitrogen and oxygen atoms in total. The predicted octanol–water partition coefficient (Wildman–Crippen LogP) is 4.06. The standard InChI is InChI=1S/C12H14ClF3N2/c13-8-11(4-1-2-5-11)18-10-7-9(3-6-17-10)12(14,15)16/h3,6-7H,1-2,4-5,8H2,(H,17,18). The van der Waals surface area contributed by atoms with Crippen molar-refractivity contribution in [2.75, 3.05) is 11.2 Å². The van der Waals surface area contributed by atoms with Crippen LogP contribution in [0.3, 0.4) is 0 Å². The lowest BCUT2D eigenvalue weighted by atomic mass is 10.0. The molecule has 1 heterocycles. The number of nitrogens with zero attached hydrogens (tertiary/aromatic N) is 1. The number of rotatable bonds is 3. The van der Waals surface area contributed by atoms with E-state index in [4.69, 9.17) is 11.6 Å². The summed E-state index contributed by atoms with van der Waals surface area (Å²) in [6.07, 6.45) is 0.644. The number of pyridine rings is 1. The molecule has 1 saturated carbocycles. The van der Waals surface area contributed by atoms with Crippen molar-refractivity contribution in [3.63, 3.8) is 0 Å². The highest BCUT2D eigenvalue weighted by molar-refractivity contribution is 6.18. The van der Waals surface area contributed by atoms with Crippen molar-refractivity contribution in [2.24, 2.45) is 0 Å². The second kappa shape index (κ2) is 4.96. The van der Waals surface area contributed by atoms with Crippen molar-refractivity contribution in [3.8, 4) is 0 Å². The van der Waals surface area contributed by atoms with Gasteiger partial charge in [-0.15, -0.1) is 11.6 Å². The minimum atomic E-state index is -4.34. The first-order valence-electron chi connectivity index (χ1n) is 5.83. The summed E-state index contributed by atoms with van der Waals surface area (Å²) in [6, 6.07) is 2.00. The fraction of sp³-hybridized carbons (Fsp3) is 0.583. The monoisotopic (exact) mass is 278 g/mol. The fourth-order valence-electron chi connectivity index (χ4n) is 2.29. The van der Waals surface area contributed by atoms with Gasteiger partial charge in [0.1, 0.15) is 5.82 Å². The maximum absolute atomic E-state index is 12.6. The first kappa shape index (κ1) is 13.5. The van der Waals surface area contributed by atoms with Gasteiger partial charge in [0, 0.05) is 12.1 Å². The van der Waals surface area contributed by atoms with E-state index in [-0.39, 0.29) is 11.4 Å². The number of aromatic nitrogens is 1. The average Bonchev–Trinajstić information content (AvgIpc) is 2.77. The number of anilines is 1. The van der Waals surface area contributed by atoms with Gasteiger partial charge in [-0.1, -0.05) is 12.8 Å². The SMILES string of the molecule is FC(F)(F)c1ccnc(NC2(CCl)CCCC2)c1. The van der Waals surface area contributed by atoms with E-state index < -0.39 is 11.7 Å². The van der Waals surface area contributed by atoms with E-state index in [1.165, 1.54) is 6.20 Å². The summed E-state index contributed by atoms with van der Waals surface area (Å²) in [5, 5.41) is 3.07. The van der Waals surface area contributed by atoms with Gasteiger partial charge >= 0.3 is 6.18 Å². The van der Waals surface area contributed by atoms with Crippen LogP contribution in [0.15, 0.2) is 18.3 Å². The predicted molar refractivity (Wildman–Crippen MR) is 64.8 cm³/mol. The Morgan fingerprint density at radius 1 is 1.33 bits per heavy atom. The summed E-state index contributed by atoms with van der Waals surface area (Å²) < 4.78 is 37.7. The molecule has 0 saturated heterocycles. The van der Waals surface area contributed by atoms with Crippen molar-refractivity contribution in [2.45, 2.75) is 37.4 Å². The fourth-order valence-corrected chi connectivity index (χ4v) is 2.62. The van der Waals surface area contributed by atoms with Gasteiger partial charge in [-0.3, -0.25) is 0 Å². The van der Waals surface area contributed by atoms with Gasteiger partial charge in [-0.25, -0.2) is 4.98 Å². The summed E-state index contributed by atoms with van der Waals surface area (Å²) in [4.78, 5) is 3.94. The van der Waals surface area contributed by atoms with Gasteiger partial charge in [-0.2, -0.15) is 13.2 Å². The molecule has 1 aliphatic rings. The Morgan fingerprint density at radius 3 is 2.56 bits per heavy atom. The minimum Gasteiger partial charge on any atom is -0.363 e. The van der Waals surface area contributed by atoms with Crippen LogP contribution >= 0.6 is 11.6 Å². The molecule has 0 amide bonds. The molecule has 0 unspecified atom stereocenters. The van der Waals surface area contributed by atoms with Gasteiger partial charge in [0.2, 0.25) is 0 Å². The zero-order valence-electron chi connectivity index (χ0n) is 9.73. The van der Waals surface area contributed by atoms with Gasteiger partial charge in [0.25, 0.3) is 0 Å². The molecule has 0 spiro atoms. The Kier molecular flexibility index (Phi) is 3.71. The normalized spacial score (nSPS) is 18.9. The molecule has 1 N–H and O–H groups in total. The molecular weight excluding hydrogens is 265 g/mol. The summed E-state index contributed by atoms with van der Waals surface area (Å²) in [5.41, 5.74) is -0.999. The van der Waals surface area contributed by atoms with Crippen molar-refractivity contribution in [1.82, 2.24) is 4.98 Å². The third-order valence-electron chi connectivity index (χ3n) is 3.30. The third kappa shape index (κ3) is 2.88. The molecule has 0 bridgehead atoms. The highest BCUT2D eigenvalue weighted by Crippen LogP contribution is 2.35. The topological polar surface area (TPSA) is 24.9 Å². The molecule has 100 valence electrons. The third-order valence-corrected chi connectivity index (χ3v) is 3.81. The number of hydrogen-bond donors (Lipinski definition) is 1. The van der Waals surface area contributed by atoms with Gasteiger partial charge in [0.15, 0.2) is 0 Å². The summed E-state index contributed by atoms with van der Waals surface area (Å²) >= 11 is 5.93. The number of halogens is 4. The van der Waals surface area contributed by atoms with Crippen LogP contribution in [0.2, 0.25) is 0 Å². The maximum Gasteiger partial charge on any atom is 0.416 e. The smallest absolute Gasteiger partial charge is 0.363 e. The molecule has 1 aromatic heterocycles. The molecule has 2 rings (SSSR count). The molecule has 1 aliphatic carbocycles. The number of hydrogen-bond acceptors (Lipinski definition) is 2. The van der Waals surface area contributed by atoms with Crippen LogP contribution in [-0.2, 0) is 6.18 Å². The molecule has 0 atom stereocenters. The molecular formula is C12H14ClF3N2. The van der Waals surface area contributed by atoms with Crippen LogP contribution in [0.25, 0.3) is 0 Å². The Bertz CT molecular complexity index is 414. The summed E-state index contributed by atoms with van der Waals surface area (Å²) in [5.74, 6) is 0.623. The van der Waals surface area contributed by atoms with Crippen LogP contribution in [0.5, 0.6) is 0 Å². The lowest BCUT2D eigenvalue weighted by Crippen LogP contribution is -2.37. The first-order valence-corrected chi connectivity index (χ1v) is 6.36. The number of alkyl halides is 4. The molecule has 1 aromatic rings. The Balaban J connectivity index is 2.19. The second-order valence-electron chi connectivity index (χ2n) is 4.67.